The second-order valence-electron chi connectivity index (χ2n) is 4.73. The second kappa shape index (κ2) is 8.74. The van der Waals surface area contributed by atoms with Gasteiger partial charge in [-0.25, -0.2) is 9.59 Å². The lowest BCUT2D eigenvalue weighted by Gasteiger charge is -2.27. The van der Waals surface area contributed by atoms with Gasteiger partial charge in [-0.1, -0.05) is 26.7 Å². The van der Waals surface area contributed by atoms with Crippen molar-refractivity contribution in [1.29, 1.82) is 0 Å². The van der Waals surface area contributed by atoms with Gasteiger partial charge in [0.2, 0.25) is 0 Å². The van der Waals surface area contributed by atoms with Crippen LogP contribution in [0.2, 0.25) is 0 Å². The van der Waals surface area contributed by atoms with Crippen molar-refractivity contribution in [3.05, 3.63) is 0 Å². The Morgan fingerprint density at radius 3 is 2.05 bits per heavy atom. The van der Waals surface area contributed by atoms with Crippen molar-refractivity contribution in [2.24, 2.45) is 5.92 Å². The summed E-state index contributed by atoms with van der Waals surface area (Å²) in [6, 6.07) is -1.72. The molecule has 0 spiro atoms. The minimum absolute atomic E-state index is 0.403. The van der Waals surface area contributed by atoms with E-state index >= 15 is 0 Å². The van der Waals surface area contributed by atoms with Crippen molar-refractivity contribution in [3.63, 3.8) is 0 Å². The fourth-order valence-corrected chi connectivity index (χ4v) is 1.83. The molecule has 0 saturated heterocycles. The molecular formula is C13H26N2O4. The summed E-state index contributed by atoms with van der Waals surface area (Å²) in [5, 5.41) is 20.6. The summed E-state index contributed by atoms with van der Waals surface area (Å²) in [5.41, 5.74) is 0. The molecule has 0 aromatic rings. The molecule has 2 amide bonds. The summed E-state index contributed by atoms with van der Waals surface area (Å²) in [5.74, 6) is -0.831. The van der Waals surface area contributed by atoms with E-state index in [9.17, 15) is 14.7 Å². The van der Waals surface area contributed by atoms with E-state index in [4.69, 9.17) is 5.11 Å². The normalized spacial score (nSPS) is 14.0. The smallest absolute Gasteiger partial charge is 0.328 e. The van der Waals surface area contributed by atoms with E-state index in [-0.39, 0.29) is 0 Å². The maximum Gasteiger partial charge on any atom is 0.328 e. The molecule has 0 fully saturated rings. The van der Waals surface area contributed by atoms with Gasteiger partial charge in [0, 0.05) is 13.1 Å². The van der Waals surface area contributed by atoms with E-state index in [1.807, 2.05) is 6.92 Å². The minimum atomic E-state index is -1.27. The molecule has 112 valence electrons. The zero-order valence-corrected chi connectivity index (χ0v) is 12.2. The van der Waals surface area contributed by atoms with Gasteiger partial charge < -0.3 is 20.4 Å². The standard InChI is InChI=1S/C13H26N2O4/c1-5-10(6-2)8-15(7-3)13(19)14-11(9(4)16)12(17)18/h9-11,16H,5-8H2,1-4H3,(H,14,19)(H,17,18)/t9-,11+/m1/s1. The Balaban J connectivity index is 4.62. The van der Waals surface area contributed by atoms with Gasteiger partial charge in [-0.3, -0.25) is 0 Å². The third kappa shape index (κ3) is 5.92. The molecule has 6 heteroatoms. The Bertz CT molecular complexity index is 290. The van der Waals surface area contributed by atoms with Gasteiger partial charge in [-0.2, -0.15) is 0 Å². The fourth-order valence-electron chi connectivity index (χ4n) is 1.83. The summed E-state index contributed by atoms with van der Waals surface area (Å²) in [4.78, 5) is 24.5. The zero-order valence-electron chi connectivity index (χ0n) is 12.2. The van der Waals surface area contributed by atoms with Gasteiger partial charge in [0.1, 0.15) is 0 Å². The molecule has 0 aromatic heterocycles. The monoisotopic (exact) mass is 274 g/mol. The number of aliphatic hydroxyl groups is 1. The molecular weight excluding hydrogens is 248 g/mol. The van der Waals surface area contributed by atoms with E-state index in [0.717, 1.165) is 12.8 Å². The average Bonchev–Trinajstić information content (AvgIpc) is 2.36. The van der Waals surface area contributed by atoms with E-state index in [0.29, 0.717) is 19.0 Å². The summed E-state index contributed by atoms with van der Waals surface area (Å²) >= 11 is 0. The first kappa shape index (κ1) is 17.7. The molecule has 0 rings (SSSR count). The summed E-state index contributed by atoms with van der Waals surface area (Å²) < 4.78 is 0. The maximum absolute atomic E-state index is 12.0. The lowest BCUT2D eigenvalue weighted by atomic mass is 10.0. The molecule has 2 atom stereocenters. The zero-order chi connectivity index (χ0) is 15.0. The molecule has 6 nitrogen and oxygen atoms in total. The highest BCUT2D eigenvalue weighted by Gasteiger charge is 2.27. The Kier molecular flexibility index (Phi) is 8.14. The third-order valence-electron chi connectivity index (χ3n) is 3.33. The summed E-state index contributed by atoms with van der Waals surface area (Å²) in [6.07, 6.45) is 0.811. The van der Waals surface area contributed by atoms with Crippen LogP contribution in [-0.2, 0) is 4.79 Å². The van der Waals surface area contributed by atoms with E-state index in [2.05, 4.69) is 19.2 Å². The van der Waals surface area contributed by atoms with Crippen LogP contribution in [0.4, 0.5) is 4.79 Å². The number of hydrogen-bond donors (Lipinski definition) is 3. The van der Waals surface area contributed by atoms with Gasteiger partial charge in [0.25, 0.3) is 0 Å². The van der Waals surface area contributed by atoms with Gasteiger partial charge in [-0.15, -0.1) is 0 Å². The number of carboxylic acid groups (broad SMARTS) is 1. The third-order valence-corrected chi connectivity index (χ3v) is 3.33. The Hall–Kier alpha value is -1.30. The number of urea groups is 1. The quantitative estimate of drug-likeness (QED) is 0.622. The van der Waals surface area contributed by atoms with Gasteiger partial charge >= 0.3 is 12.0 Å². The van der Waals surface area contributed by atoms with Crippen LogP contribution in [0, 0.1) is 5.92 Å². The van der Waals surface area contributed by atoms with Crippen LogP contribution < -0.4 is 5.32 Å². The van der Waals surface area contributed by atoms with E-state index in [1.54, 1.807) is 4.90 Å². The summed E-state index contributed by atoms with van der Waals surface area (Å²) in [7, 11) is 0. The Morgan fingerprint density at radius 2 is 1.74 bits per heavy atom. The molecule has 0 bridgehead atoms. The average molecular weight is 274 g/mol. The van der Waals surface area contributed by atoms with E-state index < -0.39 is 24.1 Å². The lowest BCUT2D eigenvalue weighted by Crippen LogP contribution is -2.53. The molecule has 0 aliphatic rings. The fraction of sp³-hybridized carbons (Fsp3) is 0.846. The van der Waals surface area contributed by atoms with Crippen molar-refractivity contribution in [3.8, 4) is 0 Å². The lowest BCUT2D eigenvalue weighted by molar-refractivity contribution is -0.141. The number of carbonyl (C=O) groups excluding carboxylic acids is 1. The van der Waals surface area contributed by atoms with Crippen LogP contribution >= 0.6 is 0 Å². The van der Waals surface area contributed by atoms with Crippen molar-refractivity contribution in [2.45, 2.75) is 52.7 Å². The van der Waals surface area contributed by atoms with E-state index in [1.165, 1.54) is 6.92 Å². The number of carboxylic acids is 1. The molecule has 0 radical (unpaired) electrons. The number of nitrogens with one attached hydrogen (secondary N) is 1. The van der Waals surface area contributed by atoms with Gasteiger partial charge in [0.05, 0.1) is 6.10 Å². The summed E-state index contributed by atoms with van der Waals surface area (Å²) in [6.45, 7) is 8.43. The van der Waals surface area contributed by atoms with Crippen LogP contribution in [0.3, 0.4) is 0 Å². The molecule has 0 aliphatic carbocycles. The van der Waals surface area contributed by atoms with Crippen molar-refractivity contribution in [2.75, 3.05) is 13.1 Å². The number of amides is 2. The Labute approximate surface area is 114 Å². The molecule has 0 saturated carbocycles. The largest absolute Gasteiger partial charge is 0.480 e. The van der Waals surface area contributed by atoms with Crippen molar-refractivity contribution < 1.29 is 19.8 Å². The number of nitrogens with zero attached hydrogens (tertiary/aromatic N) is 1. The number of aliphatic hydroxyl groups excluding tert-OH is 1. The highest BCUT2D eigenvalue weighted by atomic mass is 16.4. The van der Waals surface area contributed by atoms with Crippen LogP contribution in [0.15, 0.2) is 0 Å². The molecule has 0 aromatic carbocycles. The maximum atomic E-state index is 12.0. The predicted octanol–water partition coefficient (Wildman–Crippen LogP) is 1.29. The van der Waals surface area contributed by atoms with Crippen LogP contribution in [0.5, 0.6) is 0 Å². The van der Waals surface area contributed by atoms with Gasteiger partial charge in [-0.05, 0) is 19.8 Å². The molecule has 3 N–H and O–H groups in total. The highest BCUT2D eigenvalue weighted by molar-refractivity contribution is 5.83. The first-order valence-corrected chi connectivity index (χ1v) is 6.83. The van der Waals surface area contributed by atoms with Crippen molar-refractivity contribution >= 4 is 12.0 Å². The number of rotatable bonds is 8. The van der Waals surface area contributed by atoms with Gasteiger partial charge in [0.15, 0.2) is 6.04 Å². The number of aliphatic carboxylic acids is 1. The number of hydrogen-bond acceptors (Lipinski definition) is 3. The molecule has 0 aliphatic heterocycles. The van der Waals surface area contributed by atoms with Crippen LogP contribution in [-0.4, -0.2) is 52.3 Å². The minimum Gasteiger partial charge on any atom is -0.480 e. The molecule has 0 unspecified atom stereocenters. The van der Waals surface area contributed by atoms with Crippen LogP contribution in [0.25, 0.3) is 0 Å². The Morgan fingerprint density at radius 1 is 1.21 bits per heavy atom. The van der Waals surface area contributed by atoms with Crippen LogP contribution in [0.1, 0.15) is 40.5 Å². The first-order valence-electron chi connectivity index (χ1n) is 6.83. The topological polar surface area (TPSA) is 89.9 Å². The molecule has 0 heterocycles. The SMILES string of the molecule is CCC(CC)CN(CC)C(=O)N[C@H](C(=O)O)[C@@H](C)O. The predicted molar refractivity (Wildman–Crippen MR) is 73.0 cm³/mol. The molecule has 19 heavy (non-hydrogen) atoms. The highest BCUT2D eigenvalue weighted by Crippen LogP contribution is 2.10. The second-order valence-corrected chi connectivity index (χ2v) is 4.73. The van der Waals surface area contributed by atoms with Crippen molar-refractivity contribution in [1.82, 2.24) is 10.2 Å². The number of carbonyl (C=O) groups is 2. The first-order chi connectivity index (χ1) is 8.87.